The van der Waals surface area contributed by atoms with E-state index in [1.807, 2.05) is 6.07 Å². The fraction of sp³-hybridized carbons (Fsp3) is 0.500. The molecule has 0 spiro atoms. The average molecular weight is 387 g/mol. The third-order valence-corrected chi connectivity index (χ3v) is 5.39. The predicted octanol–water partition coefficient (Wildman–Crippen LogP) is 2.21. The van der Waals surface area contributed by atoms with Crippen molar-refractivity contribution in [2.45, 2.75) is 70.1 Å². The van der Waals surface area contributed by atoms with Gasteiger partial charge in [-0.3, -0.25) is 0 Å². The molecule has 0 aliphatic rings. The van der Waals surface area contributed by atoms with Gasteiger partial charge in [-0.1, -0.05) is 57.7 Å². The first-order chi connectivity index (χ1) is 11.5. The minimum atomic E-state index is -4.42. The first kappa shape index (κ1) is 23.3. The van der Waals surface area contributed by atoms with Crippen molar-refractivity contribution in [3.05, 3.63) is 41.5 Å². The molecule has 0 aliphatic heterocycles. The van der Waals surface area contributed by atoms with Gasteiger partial charge in [0.1, 0.15) is 10.1 Å². The summed E-state index contributed by atoms with van der Waals surface area (Å²) in [4.78, 5) is -0.127. The quantitative estimate of drug-likeness (QED) is 0.377. The van der Waals surface area contributed by atoms with Crippen molar-refractivity contribution in [2.75, 3.05) is 0 Å². The Morgan fingerprint density at radius 3 is 1.80 bits per heavy atom. The summed E-state index contributed by atoms with van der Waals surface area (Å²) in [6, 6.07) is 9.11. The van der Waals surface area contributed by atoms with Gasteiger partial charge in [-0.05, 0) is 59.7 Å². The van der Waals surface area contributed by atoms with Gasteiger partial charge in [0, 0.05) is 0 Å². The largest absolute Gasteiger partial charge is 1.00 e. The van der Waals surface area contributed by atoms with Gasteiger partial charge in [-0.15, -0.1) is 0 Å². The SMILES string of the molecule is CCCCCc1ccc(CCCCC)c2cc(S(=O)(=O)[O-])ccc12.[K+]. The number of fused-ring (bicyclic) bond motifs is 1. The van der Waals surface area contributed by atoms with Gasteiger partial charge in [-0.2, -0.15) is 0 Å². The average Bonchev–Trinajstić information content (AvgIpc) is 2.55. The van der Waals surface area contributed by atoms with Crippen LogP contribution in [0.2, 0.25) is 0 Å². The molecule has 2 aromatic carbocycles. The van der Waals surface area contributed by atoms with Crippen molar-refractivity contribution < 1.29 is 64.4 Å². The monoisotopic (exact) mass is 386 g/mol. The molecule has 0 N–H and O–H groups in total. The molecule has 0 atom stereocenters. The minimum Gasteiger partial charge on any atom is -0.744 e. The Labute approximate surface area is 194 Å². The Balaban J connectivity index is 0.00000312. The van der Waals surface area contributed by atoms with Crippen LogP contribution in [-0.2, 0) is 23.0 Å². The van der Waals surface area contributed by atoms with Crippen LogP contribution in [-0.4, -0.2) is 13.0 Å². The predicted molar refractivity (Wildman–Crippen MR) is 98.4 cm³/mol. The van der Waals surface area contributed by atoms with E-state index in [2.05, 4.69) is 26.0 Å². The van der Waals surface area contributed by atoms with Crippen molar-refractivity contribution in [3.8, 4) is 0 Å². The molecular formula is C20H27KO3S. The third kappa shape index (κ3) is 6.72. The van der Waals surface area contributed by atoms with Gasteiger partial charge in [0.15, 0.2) is 0 Å². The molecule has 0 saturated heterocycles. The Morgan fingerprint density at radius 1 is 0.800 bits per heavy atom. The van der Waals surface area contributed by atoms with Crippen LogP contribution in [0.5, 0.6) is 0 Å². The molecular weight excluding hydrogens is 359 g/mol. The molecule has 0 bridgehead atoms. The van der Waals surface area contributed by atoms with Gasteiger partial charge in [0.05, 0.1) is 4.90 Å². The van der Waals surface area contributed by atoms with Crippen LogP contribution >= 0.6 is 0 Å². The molecule has 0 amide bonds. The molecule has 132 valence electrons. The first-order valence-electron chi connectivity index (χ1n) is 8.97. The second-order valence-electron chi connectivity index (χ2n) is 6.46. The van der Waals surface area contributed by atoms with E-state index in [-0.39, 0.29) is 56.3 Å². The van der Waals surface area contributed by atoms with Gasteiger partial charge in [0.2, 0.25) is 0 Å². The zero-order chi connectivity index (χ0) is 17.6. The van der Waals surface area contributed by atoms with Crippen molar-refractivity contribution >= 4 is 20.9 Å². The zero-order valence-electron chi connectivity index (χ0n) is 15.7. The minimum absolute atomic E-state index is 0. The van der Waals surface area contributed by atoms with E-state index in [9.17, 15) is 13.0 Å². The van der Waals surface area contributed by atoms with Crippen LogP contribution in [0, 0.1) is 0 Å². The Kier molecular flexibility index (Phi) is 10.4. The molecule has 25 heavy (non-hydrogen) atoms. The maximum Gasteiger partial charge on any atom is 1.00 e. The second kappa shape index (κ2) is 11.2. The fourth-order valence-corrected chi connectivity index (χ4v) is 3.67. The van der Waals surface area contributed by atoms with E-state index in [1.165, 1.54) is 24.5 Å². The summed E-state index contributed by atoms with van der Waals surface area (Å²) < 4.78 is 34.2. The van der Waals surface area contributed by atoms with Crippen LogP contribution < -0.4 is 51.4 Å². The molecule has 5 heteroatoms. The number of unbranched alkanes of at least 4 members (excludes halogenated alkanes) is 4. The third-order valence-electron chi connectivity index (χ3n) is 4.56. The Bertz CT molecular complexity index is 785. The Hall–Kier alpha value is 0.246. The van der Waals surface area contributed by atoms with Crippen LogP contribution in [0.15, 0.2) is 35.2 Å². The van der Waals surface area contributed by atoms with E-state index in [1.54, 1.807) is 6.07 Å². The number of hydrogen-bond donors (Lipinski definition) is 0. The first-order valence-corrected chi connectivity index (χ1v) is 10.4. The van der Waals surface area contributed by atoms with E-state index in [4.69, 9.17) is 0 Å². The van der Waals surface area contributed by atoms with Crippen LogP contribution in [0.25, 0.3) is 10.8 Å². The van der Waals surface area contributed by atoms with E-state index in [0.29, 0.717) is 0 Å². The van der Waals surface area contributed by atoms with Gasteiger partial charge in [-0.25, -0.2) is 8.42 Å². The molecule has 3 nitrogen and oxygen atoms in total. The van der Waals surface area contributed by atoms with Crippen molar-refractivity contribution in [1.82, 2.24) is 0 Å². The van der Waals surface area contributed by atoms with Gasteiger partial charge >= 0.3 is 51.4 Å². The van der Waals surface area contributed by atoms with E-state index < -0.39 is 10.1 Å². The molecule has 0 heterocycles. The van der Waals surface area contributed by atoms with E-state index >= 15 is 0 Å². The summed E-state index contributed by atoms with van der Waals surface area (Å²) in [7, 11) is -4.42. The fourth-order valence-electron chi connectivity index (χ4n) is 3.17. The Morgan fingerprint density at radius 2 is 1.32 bits per heavy atom. The maximum absolute atomic E-state index is 11.4. The van der Waals surface area contributed by atoms with Gasteiger partial charge in [0.25, 0.3) is 0 Å². The van der Waals surface area contributed by atoms with Crippen molar-refractivity contribution in [3.63, 3.8) is 0 Å². The molecule has 0 radical (unpaired) electrons. The normalized spacial score (nSPS) is 11.5. The summed E-state index contributed by atoms with van der Waals surface area (Å²) in [5.74, 6) is 0. The summed E-state index contributed by atoms with van der Waals surface area (Å²) in [6.07, 6.45) is 8.77. The van der Waals surface area contributed by atoms with Crippen molar-refractivity contribution in [1.29, 1.82) is 0 Å². The van der Waals surface area contributed by atoms with Crippen LogP contribution in [0.3, 0.4) is 0 Å². The molecule has 0 unspecified atom stereocenters. The van der Waals surface area contributed by atoms with Crippen LogP contribution in [0.1, 0.15) is 63.5 Å². The summed E-state index contributed by atoms with van der Waals surface area (Å²) in [6.45, 7) is 4.34. The molecule has 0 fully saturated rings. The topological polar surface area (TPSA) is 57.2 Å². The maximum atomic E-state index is 11.4. The van der Waals surface area contributed by atoms with Gasteiger partial charge < -0.3 is 4.55 Å². The second-order valence-corrected chi connectivity index (χ2v) is 7.84. The molecule has 0 saturated carbocycles. The smallest absolute Gasteiger partial charge is 0.744 e. The molecule has 0 aromatic heterocycles. The molecule has 0 aliphatic carbocycles. The number of benzene rings is 2. The number of aryl methyl sites for hydroxylation is 2. The summed E-state index contributed by atoms with van der Waals surface area (Å²) in [5, 5.41) is 2.02. The summed E-state index contributed by atoms with van der Waals surface area (Å²) >= 11 is 0. The molecule has 2 rings (SSSR count). The number of hydrogen-bond acceptors (Lipinski definition) is 3. The standard InChI is InChI=1S/C20H28O3S.K/c1-3-5-7-9-16-11-12-17(10-8-6-4-2)20-15-18(24(21,22)23)13-14-19(16)20;/h11-15H,3-10H2,1-2H3,(H,21,22,23);/q;+1/p-1. The zero-order valence-corrected chi connectivity index (χ0v) is 19.6. The molecule has 2 aromatic rings. The van der Waals surface area contributed by atoms with Crippen LogP contribution in [0.4, 0.5) is 0 Å². The summed E-state index contributed by atoms with van der Waals surface area (Å²) in [5.41, 5.74) is 2.38. The number of rotatable bonds is 9. The van der Waals surface area contributed by atoms with Crippen molar-refractivity contribution in [2.24, 2.45) is 0 Å². The van der Waals surface area contributed by atoms with E-state index in [0.717, 1.165) is 54.9 Å².